The predicted molar refractivity (Wildman–Crippen MR) is 287 cm³/mol. The first-order valence-corrected chi connectivity index (χ1v) is 29.8. The highest BCUT2D eigenvalue weighted by atomic mass is 31.2. The van der Waals surface area contributed by atoms with Gasteiger partial charge in [0.1, 0.15) is 19.8 Å². The fourth-order valence-electron chi connectivity index (χ4n) is 7.89. The van der Waals surface area contributed by atoms with E-state index in [1.165, 1.54) is 154 Å². The minimum absolute atomic E-state index is 0.0331. The van der Waals surface area contributed by atoms with Crippen molar-refractivity contribution in [1.29, 1.82) is 0 Å². The summed E-state index contributed by atoms with van der Waals surface area (Å²) in [6.07, 6.45) is 61.6. The zero-order valence-corrected chi connectivity index (χ0v) is 45.9. The third-order valence-corrected chi connectivity index (χ3v) is 13.3. The van der Waals surface area contributed by atoms with Crippen LogP contribution >= 0.6 is 7.82 Å². The second-order valence-electron chi connectivity index (χ2n) is 20.3. The summed E-state index contributed by atoms with van der Waals surface area (Å²) in [6.45, 7) is 4.21. The average Bonchev–Trinajstić information content (AvgIpc) is 3.30. The number of carbonyl (C=O) groups is 2. The molecule has 0 aromatic rings. The van der Waals surface area contributed by atoms with Crippen LogP contribution in [0.1, 0.15) is 258 Å². The van der Waals surface area contributed by atoms with E-state index in [1.54, 1.807) is 0 Å². The van der Waals surface area contributed by atoms with Gasteiger partial charge in [-0.2, -0.15) is 0 Å². The molecule has 398 valence electrons. The average molecular weight is 978 g/mol. The summed E-state index contributed by atoms with van der Waals surface area (Å²) in [5.74, 6) is -0.842. The Bertz CT molecular complexity index is 1290. The molecular weight excluding hydrogens is 870 g/mol. The number of rotatable bonds is 52. The molecule has 2 atom stereocenters. The third-order valence-electron chi connectivity index (χ3n) is 12.3. The van der Waals surface area contributed by atoms with E-state index in [1.807, 2.05) is 21.1 Å². The van der Waals surface area contributed by atoms with Crippen molar-refractivity contribution in [3.63, 3.8) is 0 Å². The Morgan fingerprint density at radius 1 is 0.456 bits per heavy atom. The molecule has 0 amide bonds. The zero-order chi connectivity index (χ0) is 49.9. The SMILES string of the molecule is CCCCC/C=C\C/C=C\CCCCCCCC(=O)OCC(COP(=O)([O-])OCC[N+](C)(C)C)OC(=O)CCCCCCCCCCCCCCCCCCC/C=C\C/C=C\CCCCCCC. The second-order valence-corrected chi connectivity index (χ2v) is 21.7. The molecule has 0 rings (SSSR count). The van der Waals surface area contributed by atoms with Crippen molar-refractivity contribution in [2.75, 3.05) is 47.5 Å². The Morgan fingerprint density at radius 3 is 1.19 bits per heavy atom. The molecule has 0 bridgehead atoms. The molecule has 0 N–H and O–H groups in total. The predicted octanol–water partition coefficient (Wildman–Crippen LogP) is 16.7. The molecule has 0 heterocycles. The number of likely N-dealkylation sites (N-methyl/N-ethyl adjacent to an activating group) is 1. The van der Waals surface area contributed by atoms with Gasteiger partial charge in [-0.1, -0.05) is 217 Å². The Balaban J connectivity index is 4.10. The summed E-state index contributed by atoms with van der Waals surface area (Å²) in [4.78, 5) is 37.8. The van der Waals surface area contributed by atoms with Crippen molar-refractivity contribution in [3.8, 4) is 0 Å². The molecule has 0 fully saturated rings. The van der Waals surface area contributed by atoms with Crippen molar-refractivity contribution in [2.45, 2.75) is 264 Å². The van der Waals surface area contributed by atoms with Crippen LogP contribution in [0.4, 0.5) is 0 Å². The van der Waals surface area contributed by atoms with Crippen LogP contribution in [0.2, 0.25) is 0 Å². The number of hydrogen-bond acceptors (Lipinski definition) is 8. The number of quaternary nitrogens is 1. The molecule has 0 aromatic heterocycles. The van der Waals surface area contributed by atoms with E-state index in [0.29, 0.717) is 23.9 Å². The van der Waals surface area contributed by atoms with E-state index >= 15 is 0 Å². The normalized spacial score (nSPS) is 13.7. The van der Waals surface area contributed by atoms with Gasteiger partial charge in [0.2, 0.25) is 0 Å². The van der Waals surface area contributed by atoms with Crippen LogP contribution < -0.4 is 4.89 Å². The summed E-state index contributed by atoms with van der Waals surface area (Å²) in [5, 5.41) is 0. The number of hydrogen-bond donors (Lipinski definition) is 0. The molecule has 68 heavy (non-hydrogen) atoms. The fourth-order valence-corrected chi connectivity index (χ4v) is 8.62. The van der Waals surface area contributed by atoms with Crippen LogP contribution in [0, 0.1) is 0 Å². The summed E-state index contributed by atoms with van der Waals surface area (Å²) in [6, 6.07) is 0. The Hall–Kier alpha value is -2.03. The van der Waals surface area contributed by atoms with Gasteiger partial charge in [-0.15, -0.1) is 0 Å². The lowest BCUT2D eigenvalue weighted by Gasteiger charge is -2.28. The second kappa shape index (κ2) is 49.9. The van der Waals surface area contributed by atoms with Crippen LogP contribution in [0.25, 0.3) is 0 Å². The smallest absolute Gasteiger partial charge is 0.306 e. The lowest BCUT2D eigenvalue weighted by Crippen LogP contribution is -2.37. The van der Waals surface area contributed by atoms with Crippen LogP contribution in [0.5, 0.6) is 0 Å². The summed E-state index contributed by atoms with van der Waals surface area (Å²) >= 11 is 0. The molecule has 0 saturated carbocycles. The van der Waals surface area contributed by atoms with Crippen molar-refractivity contribution < 1.29 is 42.1 Å². The topological polar surface area (TPSA) is 111 Å². The maximum Gasteiger partial charge on any atom is 0.306 e. The van der Waals surface area contributed by atoms with Gasteiger partial charge in [0, 0.05) is 12.8 Å². The number of allylic oxidation sites excluding steroid dienone is 8. The van der Waals surface area contributed by atoms with Gasteiger partial charge in [0.05, 0.1) is 27.7 Å². The standard InChI is InChI=1S/C58H108NO8P/c1-6-8-10-12-14-16-18-20-22-23-24-25-26-27-28-29-30-31-32-33-34-35-37-39-41-43-45-47-49-51-58(61)67-56(55-66-68(62,63)65-53-52-59(3,4)5)54-64-57(60)50-48-46-44-42-40-38-36-21-19-17-15-13-11-9-7-2/h15,17-18,20-21,23-24,36,56H,6-14,16,19,22,25-35,37-55H2,1-5H3/b17-15-,20-18-,24-23-,36-21-. The first-order chi connectivity index (χ1) is 33.0. The molecule has 0 radical (unpaired) electrons. The highest BCUT2D eigenvalue weighted by molar-refractivity contribution is 7.45. The van der Waals surface area contributed by atoms with E-state index in [0.717, 1.165) is 64.2 Å². The van der Waals surface area contributed by atoms with Gasteiger partial charge in [-0.05, 0) is 77.0 Å². The monoisotopic (exact) mass is 978 g/mol. The van der Waals surface area contributed by atoms with E-state index in [-0.39, 0.29) is 26.1 Å². The van der Waals surface area contributed by atoms with Gasteiger partial charge in [0.15, 0.2) is 6.10 Å². The van der Waals surface area contributed by atoms with Crippen molar-refractivity contribution in [2.24, 2.45) is 0 Å². The number of ether oxygens (including phenoxy) is 2. The molecule has 0 aliphatic rings. The molecule has 0 aliphatic carbocycles. The first-order valence-electron chi connectivity index (χ1n) is 28.3. The molecule has 2 unspecified atom stereocenters. The van der Waals surface area contributed by atoms with Gasteiger partial charge < -0.3 is 27.9 Å². The number of esters is 2. The van der Waals surface area contributed by atoms with Gasteiger partial charge in [0.25, 0.3) is 7.82 Å². The summed E-state index contributed by atoms with van der Waals surface area (Å²) in [7, 11) is 1.16. The van der Waals surface area contributed by atoms with E-state index < -0.39 is 32.5 Å². The largest absolute Gasteiger partial charge is 0.756 e. The number of phosphoric ester groups is 1. The molecule has 9 nitrogen and oxygen atoms in total. The highest BCUT2D eigenvalue weighted by Gasteiger charge is 2.21. The minimum atomic E-state index is -4.64. The number of carbonyl (C=O) groups excluding carboxylic acids is 2. The highest BCUT2D eigenvalue weighted by Crippen LogP contribution is 2.38. The van der Waals surface area contributed by atoms with Gasteiger partial charge >= 0.3 is 11.9 Å². The fraction of sp³-hybridized carbons (Fsp3) is 0.828. The zero-order valence-electron chi connectivity index (χ0n) is 45.1. The van der Waals surface area contributed by atoms with Crippen molar-refractivity contribution in [1.82, 2.24) is 0 Å². The van der Waals surface area contributed by atoms with Crippen molar-refractivity contribution in [3.05, 3.63) is 48.6 Å². The molecule has 10 heteroatoms. The van der Waals surface area contributed by atoms with Crippen LogP contribution in [0.15, 0.2) is 48.6 Å². The molecule has 0 aliphatic heterocycles. The maximum atomic E-state index is 12.8. The Kier molecular flexibility index (Phi) is 48.4. The lowest BCUT2D eigenvalue weighted by atomic mass is 10.0. The molecule has 0 spiro atoms. The molecule has 0 aromatic carbocycles. The molecular formula is C58H108NO8P. The van der Waals surface area contributed by atoms with Crippen LogP contribution in [-0.2, 0) is 32.7 Å². The van der Waals surface area contributed by atoms with E-state index in [9.17, 15) is 19.0 Å². The molecule has 0 saturated heterocycles. The number of phosphoric acid groups is 1. The third kappa shape index (κ3) is 53.3. The maximum absolute atomic E-state index is 12.8. The lowest BCUT2D eigenvalue weighted by molar-refractivity contribution is -0.870. The Labute approximate surface area is 420 Å². The Morgan fingerprint density at radius 2 is 0.794 bits per heavy atom. The minimum Gasteiger partial charge on any atom is -0.756 e. The quantitative estimate of drug-likeness (QED) is 0.0195. The van der Waals surface area contributed by atoms with Crippen molar-refractivity contribution >= 4 is 19.8 Å². The van der Waals surface area contributed by atoms with E-state index in [4.69, 9.17) is 18.5 Å². The van der Waals surface area contributed by atoms with Gasteiger partial charge in [-0.25, -0.2) is 0 Å². The van der Waals surface area contributed by atoms with Gasteiger partial charge in [-0.3, -0.25) is 14.2 Å². The van der Waals surface area contributed by atoms with Crippen LogP contribution in [-0.4, -0.2) is 70.0 Å². The summed E-state index contributed by atoms with van der Waals surface area (Å²) < 4.78 is 34.1. The first kappa shape index (κ1) is 66.0. The van der Waals surface area contributed by atoms with E-state index in [2.05, 4.69) is 62.5 Å². The number of nitrogens with zero attached hydrogens (tertiary/aromatic N) is 1. The summed E-state index contributed by atoms with van der Waals surface area (Å²) in [5.41, 5.74) is 0. The number of unbranched alkanes of at least 4 members (excludes halogenated alkanes) is 30. The van der Waals surface area contributed by atoms with Crippen LogP contribution in [0.3, 0.4) is 0 Å².